The van der Waals surface area contributed by atoms with Crippen LogP contribution in [0.15, 0.2) is 60.2 Å². The SMILES string of the molecule is CC(=O)Cc1cccc(-c2ccnc3c(C(=O)c4cccs4)cnn23)c1. The molecule has 0 atom stereocenters. The number of thiophene rings is 1. The van der Waals surface area contributed by atoms with Crippen molar-refractivity contribution < 1.29 is 9.59 Å². The van der Waals surface area contributed by atoms with Gasteiger partial charge in [-0.3, -0.25) is 9.59 Å². The predicted molar refractivity (Wildman–Crippen MR) is 101 cm³/mol. The molecule has 0 aliphatic rings. The minimum atomic E-state index is -0.0787. The zero-order valence-electron chi connectivity index (χ0n) is 14.0. The normalized spacial score (nSPS) is 11.0. The summed E-state index contributed by atoms with van der Waals surface area (Å²) in [5.74, 6) is 0.0370. The predicted octanol–water partition coefficient (Wildman–Crippen LogP) is 3.82. The molecule has 1 aromatic carbocycles. The Balaban J connectivity index is 1.81. The first-order chi connectivity index (χ1) is 12.6. The molecule has 128 valence electrons. The summed E-state index contributed by atoms with van der Waals surface area (Å²) in [5.41, 5.74) is 3.70. The molecule has 0 spiro atoms. The van der Waals surface area contributed by atoms with E-state index in [4.69, 9.17) is 0 Å². The molecule has 0 bridgehead atoms. The van der Waals surface area contributed by atoms with E-state index in [1.54, 1.807) is 29.9 Å². The first-order valence-electron chi connectivity index (χ1n) is 8.13. The van der Waals surface area contributed by atoms with Crippen molar-refractivity contribution in [2.24, 2.45) is 0 Å². The molecule has 0 saturated carbocycles. The van der Waals surface area contributed by atoms with Gasteiger partial charge in [0.25, 0.3) is 0 Å². The highest BCUT2D eigenvalue weighted by Gasteiger charge is 2.18. The maximum Gasteiger partial charge on any atom is 0.208 e. The van der Waals surface area contributed by atoms with Crippen LogP contribution in [0.25, 0.3) is 16.9 Å². The standard InChI is InChI=1S/C20H15N3O2S/c1-13(24)10-14-4-2-5-15(11-14)17-7-8-21-20-16(12-22-23(17)20)19(25)18-6-3-9-26-18/h2-9,11-12H,10H2,1H3. The largest absolute Gasteiger partial charge is 0.300 e. The minimum absolute atomic E-state index is 0.0787. The Morgan fingerprint density at radius 2 is 2.04 bits per heavy atom. The molecule has 4 aromatic rings. The van der Waals surface area contributed by atoms with Crippen LogP contribution in [0.1, 0.15) is 27.7 Å². The summed E-state index contributed by atoms with van der Waals surface area (Å²) in [6, 6.07) is 13.3. The number of hydrogen-bond acceptors (Lipinski definition) is 5. The smallest absolute Gasteiger partial charge is 0.208 e. The number of fused-ring (bicyclic) bond motifs is 1. The number of rotatable bonds is 5. The zero-order valence-corrected chi connectivity index (χ0v) is 14.9. The first kappa shape index (κ1) is 16.4. The molecule has 26 heavy (non-hydrogen) atoms. The Bertz CT molecular complexity index is 1110. The van der Waals surface area contributed by atoms with Crippen LogP contribution in [0.5, 0.6) is 0 Å². The second-order valence-corrected chi connectivity index (χ2v) is 6.96. The number of Topliss-reactive ketones (excluding diaryl/α,β-unsaturated/α-hetero) is 1. The number of nitrogens with zero attached hydrogens (tertiary/aromatic N) is 3. The van der Waals surface area contributed by atoms with Crippen LogP contribution < -0.4 is 0 Å². The van der Waals surface area contributed by atoms with Gasteiger partial charge in [-0.2, -0.15) is 5.10 Å². The summed E-state index contributed by atoms with van der Waals surface area (Å²) in [7, 11) is 0. The molecule has 6 heteroatoms. The minimum Gasteiger partial charge on any atom is -0.300 e. The van der Waals surface area contributed by atoms with Crippen molar-refractivity contribution in [3.05, 3.63) is 76.2 Å². The second-order valence-electron chi connectivity index (χ2n) is 6.01. The summed E-state index contributed by atoms with van der Waals surface area (Å²) in [6.45, 7) is 1.58. The maximum absolute atomic E-state index is 12.7. The van der Waals surface area contributed by atoms with Crippen LogP contribution in [0, 0.1) is 0 Å². The lowest BCUT2D eigenvalue weighted by atomic mass is 10.0. The van der Waals surface area contributed by atoms with Crippen molar-refractivity contribution >= 4 is 28.6 Å². The van der Waals surface area contributed by atoms with Crippen LogP contribution in [-0.2, 0) is 11.2 Å². The summed E-state index contributed by atoms with van der Waals surface area (Å²) in [6.07, 6.45) is 3.63. The number of aromatic nitrogens is 3. The molecule has 3 aromatic heterocycles. The van der Waals surface area contributed by atoms with Gasteiger partial charge in [0.15, 0.2) is 5.65 Å². The molecule has 0 saturated heterocycles. The Hall–Kier alpha value is -3.12. The molecule has 3 heterocycles. The fourth-order valence-electron chi connectivity index (χ4n) is 2.94. The van der Waals surface area contributed by atoms with Crippen LogP contribution in [-0.4, -0.2) is 26.2 Å². The van der Waals surface area contributed by atoms with Gasteiger partial charge in [-0.1, -0.05) is 24.3 Å². The summed E-state index contributed by atoms with van der Waals surface area (Å²) >= 11 is 1.40. The van der Waals surface area contributed by atoms with Gasteiger partial charge in [-0.15, -0.1) is 11.3 Å². The summed E-state index contributed by atoms with van der Waals surface area (Å²) < 4.78 is 1.67. The lowest BCUT2D eigenvalue weighted by molar-refractivity contribution is -0.116. The number of carbonyl (C=O) groups is 2. The Labute approximate surface area is 153 Å². The lowest BCUT2D eigenvalue weighted by Gasteiger charge is -2.07. The number of carbonyl (C=O) groups excluding carboxylic acids is 2. The van der Waals surface area contributed by atoms with Gasteiger partial charge in [0.05, 0.1) is 22.3 Å². The van der Waals surface area contributed by atoms with Gasteiger partial charge in [-0.25, -0.2) is 9.50 Å². The second kappa shape index (κ2) is 6.65. The molecule has 0 unspecified atom stereocenters. The van der Waals surface area contributed by atoms with E-state index in [9.17, 15) is 9.59 Å². The Kier molecular flexibility index (Phi) is 4.18. The van der Waals surface area contributed by atoms with Crippen molar-refractivity contribution in [1.29, 1.82) is 0 Å². The van der Waals surface area contributed by atoms with Crippen molar-refractivity contribution in [2.75, 3.05) is 0 Å². The maximum atomic E-state index is 12.7. The van der Waals surface area contributed by atoms with E-state index in [1.807, 2.05) is 41.8 Å². The van der Waals surface area contributed by atoms with Gasteiger partial charge in [0.1, 0.15) is 5.78 Å². The fraction of sp³-hybridized carbons (Fsp3) is 0.100. The van der Waals surface area contributed by atoms with E-state index in [-0.39, 0.29) is 11.6 Å². The highest BCUT2D eigenvalue weighted by molar-refractivity contribution is 7.12. The van der Waals surface area contributed by atoms with E-state index in [1.165, 1.54) is 11.3 Å². The van der Waals surface area contributed by atoms with E-state index < -0.39 is 0 Å². The molecule has 0 radical (unpaired) electrons. The van der Waals surface area contributed by atoms with Crippen LogP contribution >= 0.6 is 11.3 Å². The van der Waals surface area contributed by atoms with Gasteiger partial charge < -0.3 is 0 Å². The molecule has 5 nitrogen and oxygen atoms in total. The van der Waals surface area contributed by atoms with Crippen LogP contribution in [0.4, 0.5) is 0 Å². The number of benzene rings is 1. The van der Waals surface area contributed by atoms with E-state index in [2.05, 4.69) is 10.1 Å². The molecule has 0 N–H and O–H groups in total. The highest BCUT2D eigenvalue weighted by atomic mass is 32.1. The molecule has 0 fully saturated rings. The molecule has 0 aliphatic heterocycles. The van der Waals surface area contributed by atoms with Gasteiger partial charge in [0, 0.05) is 18.2 Å². The van der Waals surface area contributed by atoms with Gasteiger partial charge in [-0.05, 0) is 36.1 Å². The average Bonchev–Trinajstić information content (AvgIpc) is 3.30. The number of hydrogen-bond donors (Lipinski definition) is 0. The van der Waals surface area contributed by atoms with Crippen molar-refractivity contribution in [1.82, 2.24) is 14.6 Å². The topological polar surface area (TPSA) is 64.3 Å². The average molecular weight is 361 g/mol. The van der Waals surface area contributed by atoms with E-state index >= 15 is 0 Å². The molecule has 0 aliphatic carbocycles. The lowest BCUT2D eigenvalue weighted by Crippen LogP contribution is -2.01. The van der Waals surface area contributed by atoms with Crippen LogP contribution in [0.2, 0.25) is 0 Å². The highest BCUT2D eigenvalue weighted by Crippen LogP contribution is 2.24. The zero-order chi connectivity index (χ0) is 18.1. The number of ketones is 2. The van der Waals surface area contributed by atoms with E-state index in [0.717, 1.165) is 16.8 Å². The van der Waals surface area contributed by atoms with Gasteiger partial charge >= 0.3 is 0 Å². The fourth-order valence-corrected chi connectivity index (χ4v) is 3.62. The van der Waals surface area contributed by atoms with Crippen molar-refractivity contribution in [3.8, 4) is 11.3 Å². The molecular weight excluding hydrogens is 346 g/mol. The molecule has 4 rings (SSSR count). The monoisotopic (exact) mass is 361 g/mol. The first-order valence-corrected chi connectivity index (χ1v) is 9.01. The third-order valence-corrected chi connectivity index (χ3v) is 4.94. The van der Waals surface area contributed by atoms with Crippen molar-refractivity contribution in [3.63, 3.8) is 0 Å². The third kappa shape index (κ3) is 2.95. The van der Waals surface area contributed by atoms with E-state index in [0.29, 0.717) is 22.5 Å². The third-order valence-electron chi connectivity index (χ3n) is 4.07. The Morgan fingerprint density at radius 3 is 2.81 bits per heavy atom. The molecule has 0 amide bonds. The molecular formula is C20H15N3O2S. The Morgan fingerprint density at radius 1 is 1.15 bits per heavy atom. The summed E-state index contributed by atoms with van der Waals surface area (Å²) in [5, 5.41) is 6.26. The van der Waals surface area contributed by atoms with Gasteiger partial charge in [0.2, 0.25) is 5.78 Å². The van der Waals surface area contributed by atoms with Crippen molar-refractivity contribution in [2.45, 2.75) is 13.3 Å². The summed E-state index contributed by atoms with van der Waals surface area (Å²) in [4.78, 5) is 29.1. The quantitative estimate of drug-likeness (QED) is 0.507. The van der Waals surface area contributed by atoms with Crippen LogP contribution in [0.3, 0.4) is 0 Å².